The van der Waals surface area contributed by atoms with Crippen LogP contribution < -0.4 is 4.74 Å². The van der Waals surface area contributed by atoms with E-state index in [0.717, 1.165) is 57.8 Å². The highest BCUT2D eigenvalue weighted by Gasteiger charge is 2.38. The topological polar surface area (TPSA) is 62.3 Å². The highest BCUT2D eigenvalue weighted by Crippen LogP contribution is 2.28. The molecule has 4 aliphatic rings. The molecule has 1 aromatic rings. The van der Waals surface area contributed by atoms with Crippen molar-refractivity contribution in [1.29, 1.82) is 0 Å². The van der Waals surface area contributed by atoms with Gasteiger partial charge in [-0.3, -0.25) is 14.5 Å². The smallest absolute Gasteiger partial charge is 0.228 e. The molecule has 4 aliphatic heterocycles. The van der Waals surface area contributed by atoms with E-state index in [-0.39, 0.29) is 17.7 Å². The molecule has 1 unspecified atom stereocenters. The number of hydrogen-bond donors (Lipinski definition) is 0. The van der Waals surface area contributed by atoms with Gasteiger partial charge in [0.2, 0.25) is 11.8 Å². The van der Waals surface area contributed by atoms with Crippen molar-refractivity contribution in [3.05, 3.63) is 29.3 Å². The van der Waals surface area contributed by atoms with Crippen LogP contribution in [-0.4, -0.2) is 85.6 Å². The number of amides is 2. The lowest BCUT2D eigenvalue weighted by atomic mass is 9.95. The lowest BCUT2D eigenvalue weighted by Gasteiger charge is -2.34. The second kappa shape index (κ2) is 9.17. The Hall–Kier alpha value is -2.12. The van der Waals surface area contributed by atoms with Crippen LogP contribution in [0.5, 0.6) is 5.75 Å². The maximum absolute atomic E-state index is 12.7. The largest absolute Gasteiger partial charge is 0.493 e. The van der Waals surface area contributed by atoms with Gasteiger partial charge in [-0.15, -0.1) is 0 Å². The molecule has 0 aromatic heterocycles. The quantitative estimate of drug-likeness (QED) is 0.714. The molecule has 0 spiro atoms. The summed E-state index contributed by atoms with van der Waals surface area (Å²) in [6.45, 7) is 7.83. The summed E-state index contributed by atoms with van der Waals surface area (Å²) >= 11 is 0. The third kappa shape index (κ3) is 4.72. The van der Waals surface area contributed by atoms with Crippen molar-refractivity contribution in [2.75, 3.05) is 59.1 Å². The molecule has 7 nitrogen and oxygen atoms in total. The Morgan fingerprint density at radius 1 is 1.06 bits per heavy atom. The Bertz CT molecular complexity index is 815. The first-order chi connectivity index (χ1) is 15.2. The van der Waals surface area contributed by atoms with Crippen molar-refractivity contribution in [2.24, 2.45) is 11.8 Å². The Kier molecular flexibility index (Phi) is 6.14. The molecular formula is C24H33N3O4. The number of carbonyl (C=O) groups excluding carboxylic acids is 2. The fraction of sp³-hybridized carbons (Fsp3) is 0.667. The summed E-state index contributed by atoms with van der Waals surface area (Å²) in [6.07, 6.45) is 3.61. The van der Waals surface area contributed by atoms with E-state index in [1.54, 1.807) is 0 Å². The van der Waals surface area contributed by atoms with Crippen LogP contribution in [0.1, 0.15) is 30.4 Å². The molecule has 0 N–H and O–H groups in total. The van der Waals surface area contributed by atoms with Crippen LogP contribution in [0, 0.1) is 11.8 Å². The molecule has 2 amide bonds. The van der Waals surface area contributed by atoms with E-state index in [2.05, 4.69) is 23.1 Å². The van der Waals surface area contributed by atoms with Crippen molar-refractivity contribution in [3.8, 4) is 5.75 Å². The van der Waals surface area contributed by atoms with E-state index >= 15 is 0 Å². The molecule has 3 fully saturated rings. The molecule has 1 aromatic carbocycles. The van der Waals surface area contributed by atoms with Gasteiger partial charge < -0.3 is 19.3 Å². The molecule has 7 heteroatoms. The van der Waals surface area contributed by atoms with E-state index in [1.165, 1.54) is 11.1 Å². The molecule has 4 heterocycles. The number of morpholine rings is 1. The van der Waals surface area contributed by atoms with Gasteiger partial charge in [0.1, 0.15) is 5.75 Å². The first-order valence-electron chi connectivity index (χ1n) is 11.8. The summed E-state index contributed by atoms with van der Waals surface area (Å²) < 4.78 is 11.0. The van der Waals surface area contributed by atoms with Gasteiger partial charge in [-0.05, 0) is 49.0 Å². The number of nitrogens with zero attached hydrogens (tertiary/aromatic N) is 3. The SMILES string of the molecule is O=C1CC(C(=O)N2CCOCC2)CN1CC1CCN(Cc2ccc3c(c2)CCO3)CC1. The molecule has 168 valence electrons. The molecule has 5 rings (SSSR count). The van der Waals surface area contributed by atoms with Crippen LogP contribution in [0.4, 0.5) is 0 Å². The van der Waals surface area contributed by atoms with Crippen LogP contribution >= 0.6 is 0 Å². The minimum atomic E-state index is -0.172. The maximum Gasteiger partial charge on any atom is 0.228 e. The summed E-state index contributed by atoms with van der Waals surface area (Å²) in [4.78, 5) is 31.6. The molecule has 31 heavy (non-hydrogen) atoms. The zero-order chi connectivity index (χ0) is 21.2. The number of benzene rings is 1. The van der Waals surface area contributed by atoms with E-state index < -0.39 is 0 Å². The predicted octanol–water partition coefficient (Wildman–Crippen LogP) is 1.54. The van der Waals surface area contributed by atoms with Crippen LogP contribution in [0.15, 0.2) is 18.2 Å². The van der Waals surface area contributed by atoms with Crippen molar-refractivity contribution in [2.45, 2.75) is 32.2 Å². The number of piperidine rings is 1. The fourth-order valence-electron chi connectivity index (χ4n) is 5.39. The lowest BCUT2D eigenvalue weighted by Crippen LogP contribution is -2.44. The van der Waals surface area contributed by atoms with Crippen molar-refractivity contribution in [1.82, 2.24) is 14.7 Å². The van der Waals surface area contributed by atoms with Gasteiger partial charge in [0.25, 0.3) is 0 Å². The van der Waals surface area contributed by atoms with Crippen molar-refractivity contribution >= 4 is 11.8 Å². The van der Waals surface area contributed by atoms with Crippen LogP contribution in [-0.2, 0) is 27.3 Å². The van der Waals surface area contributed by atoms with Gasteiger partial charge in [-0.25, -0.2) is 0 Å². The Morgan fingerprint density at radius 2 is 1.87 bits per heavy atom. The van der Waals surface area contributed by atoms with E-state index in [0.29, 0.717) is 45.2 Å². The molecule has 0 aliphatic carbocycles. The zero-order valence-corrected chi connectivity index (χ0v) is 18.3. The second-order valence-corrected chi connectivity index (χ2v) is 9.40. The van der Waals surface area contributed by atoms with Gasteiger partial charge >= 0.3 is 0 Å². The number of carbonyl (C=O) groups is 2. The van der Waals surface area contributed by atoms with E-state index in [9.17, 15) is 9.59 Å². The van der Waals surface area contributed by atoms with Crippen LogP contribution in [0.25, 0.3) is 0 Å². The molecule has 1 atom stereocenters. The van der Waals surface area contributed by atoms with E-state index in [1.807, 2.05) is 9.80 Å². The average molecular weight is 428 g/mol. The highest BCUT2D eigenvalue weighted by atomic mass is 16.5. The number of fused-ring (bicyclic) bond motifs is 1. The molecule has 3 saturated heterocycles. The number of rotatable bonds is 5. The first-order valence-corrected chi connectivity index (χ1v) is 11.8. The molecule has 0 radical (unpaired) electrons. The summed E-state index contributed by atoms with van der Waals surface area (Å²) in [5.41, 5.74) is 2.70. The monoisotopic (exact) mass is 427 g/mol. The first kappa shape index (κ1) is 20.8. The van der Waals surface area contributed by atoms with Gasteiger partial charge in [0.15, 0.2) is 0 Å². The number of hydrogen-bond acceptors (Lipinski definition) is 5. The maximum atomic E-state index is 12.7. The zero-order valence-electron chi connectivity index (χ0n) is 18.3. The lowest BCUT2D eigenvalue weighted by molar-refractivity contribution is -0.139. The van der Waals surface area contributed by atoms with Crippen molar-refractivity contribution < 1.29 is 19.1 Å². The number of likely N-dealkylation sites (tertiary alicyclic amines) is 2. The van der Waals surface area contributed by atoms with Gasteiger partial charge in [0.05, 0.1) is 25.7 Å². The summed E-state index contributed by atoms with van der Waals surface area (Å²) in [6, 6.07) is 6.59. The minimum absolute atomic E-state index is 0.133. The highest BCUT2D eigenvalue weighted by molar-refractivity contribution is 5.89. The summed E-state index contributed by atoms with van der Waals surface area (Å²) in [5, 5.41) is 0. The minimum Gasteiger partial charge on any atom is -0.493 e. The Labute approximate surface area is 184 Å². The predicted molar refractivity (Wildman–Crippen MR) is 116 cm³/mol. The fourth-order valence-corrected chi connectivity index (χ4v) is 5.39. The molecule has 0 saturated carbocycles. The third-order valence-corrected chi connectivity index (χ3v) is 7.23. The standard InChI is InChI=1S/C24H33N3O4/c28-23-14-21(24(29)26-8-11-30-12-9-26)17-27(23)16-18-3-6-25(7-4-18)15-19-1-2-22-20(13-19)5-10-31-22/h1-2,13,18,21H,3-12,14-17H2. The van der Waals surface area contributed by atoms with Crippen molar-refractivity contribution in [3.63, 3.8) is 0 Å². The van der Waals surface area contributed by atoms with Gasteiger partial charge in [-0.2, -0.15) is 0 Å². The molecule has 0 bridgehead atoms. The van der Waals surface area contributed by atoms with Crippen LogP contribution in [0.3, 0.4) is 0 Å². The van der Waals surface area contributed by atoms with Crippen LogP contribution in [0.2, 0.25) is 0 Å². The van der Waals surface area contributed by atoms with Gasteiger partial charge in [-0.1, -0.05) is 12.1 Å². The number of ether oxygens (including phenoxy) is 2. The summed E-state index contributed by atoms with van der Waals surface area (Å²) in [5.74, 6) is 1.69. The summed E-state index contributed by atoms with van der Waals surface area (Å²) in [7, 11) is 0. The Balaban J connectivity index is 1.08. The average Bonchev–Trinajstić information content (AvgIpc) is 3.41. The second-order valence-electron chi connectivity index (χ2n) is 9.40. The normalized spacial score (nSPS) is 25.0. The Morgan fingerprint density at radius 3 is 2.68 bits per heavy atom. The third-order valence-electron chi connectivity index (χ3n) is 7.23. The van der Waals surface area contributed by atoms with E-state index in [4.69, 9.17) is 9.47 Å². The van der Waals surface area contributed by atoms with Gasteiger partial charge in [0, 0.05) is 45.6 Å². The molecular weight excluding hydrogens is 394 g/mol.